The van der Waals surface area contributed by atoms with E-state index in [0.29, 0.717) is 28.8 Å². The average Bonchev–Trinajstić information content (AvgIpc) is 2.65. The Hall–Kier alpha value is -2.73. The Kier molecular flexibility index (Phi) is 7.29. The topological polar surface area (TPSA) is 67.9 Å². The molecule has 0 aromatic heterocycles. The minimum atomic E-state index is -0.317. The predicted octanol–water partition coefficient (Wildman–Crippen LogP) is 3.21. The molecule has 0 saturated heterocycles. The lowest BCUT2D eigenvalue weighted by molar-refractivity contribution is -0.136. The first-order valence-corrected chi connectivity index (χ1v) is 8.51. The predicted molar refractivity (Wildman–Crippen MR) is 101 cm³/mol. The van der Waals surface area contributed by atoms with E-state index in [-0.39, 0.29) is 25.0 Å². The molecule has 2 amide bonds. The van der Waals surface area contributed by atoms with E-state index in [4.69, 9.17) is 21.1 Å². The normalized spacial score (nSPS) is 10.1. The fraction of sp³-hybridized carbons (Fsp3) is 0.263. The molecule has 2 aromatic rings. The Morgan fingerprint density at radius 1 is 1.08 bits per heavy atom. The van der Waals surface area contributed by atoms with Gasteiger partial charge in [-0.1, -0.05) is 35.9 Å². The summed E-state index contributed by atoms with van der Waals surface area (Å²) < 4.78 is 10.6. The summed E-state index contributed by atoms with van der Waals surface area (Å²) in [7, 11) is 1.53. The number of halogens is 1. The summed E-state index contributed by atoms with van der Waals surface area (Å²) in [5, 5.41) is 3.17. The van der Waals surface area contributed by atoms with Crippen molar-refractivity contribution in [1.82, 2.24) is 4.90 Å². The van der Waals surface area contributed by atoms with Gasteiger partial charge in [-0.3, -0.25) is 9.59 Å². The number of para-hydroxylation sites is 3. The highest BCUT2D eigenvalue weighted by atomic mass is 35.5. The SMILES string of the molecule is CCN(CC(=O)Nc1ccccc1OC)C(=O)COc1ccccc1Cl. The summed E-state index contributed by atoms with van der Waals surface area (Å²) in [6, 6.07) is 14.0. The standard InChI is InChI=1S/C19H21ClN2O4/c1-3-22(19(24)13-26-16-10-6-4-8-14(16)20)12-18(23)21-15-9-5-7-11-17(15)25-2/h4-11H,3,12-13H2,1-2H3,(H,21,23). The van der Waals surface area contributed by atoms with Gasteiger partial charge < -0.3 is 19.7 Å². The lowest BCUT2D eigenvalue weighted by Crippen LogP contribution is -2.40. The molecule has 2 aromatic carbocycles. The largest absolute Gasteiger partial charge is 0.495 e. The number of ether oxygens (including phenoxy) is 2. The van der Waals surface area contributed by atoms with Crippen molar-refractivity contribution in [2.45, 2.75) is 6.92 Å². The number of methoxy groups -OCH3 is 1. The van der Waals surface area contributed by atoms with Crippen molar-refractivity contribution in [1.29, 1.82) is 0 Å². The number of rotatable bonds is 8. The third-order valence-corrected chi connectivity index (χ3v) is 3.95. The van der Waals surface area contributed by atoms with Crippen LogP contribution in [0.4, 0.5) is 5.69 Å². The fourth-order valence-electron chi connectivity index (χ4n) is 2.28. The Labute approximate surface area is 157 Å². The Morgan fingerprint density at radius 3 is 2.38 bits per heavy atom. The molecule has 0 bridgehead atoms. The first-order chi connectivity index (χ1) is 12.5. The molecule has 2 rings (SSSR count). The van der Waals surface area contributed by atoms with Crippen molar-refractivity contribution in [3.8, 4) is 11.5 Å². The molecule has 0 radical (unpaired) electrons. The zero-order chi connectivity index (χ0) is 18.9. The quantitative estimate of drug-likeness (QED) is 0.768. The number of likely N-dealkylation sites (N-methyl/N-ethyl adjacent to an activating group) is 1. The van der Waals surface area contributed by atoms with E-state index < -0.39 is 0 Å². The van der Waals surface area contributed by atoms with Crippen LogP contribution in [-0.4, -0.2) is 43.5 Å². The molecule has 6 nitrogen and oxygen atoms in total. The maximum absolute atomic E-state index is 12.3. The highest BCUT2D eigenvalue weighted by Crippen LogP contribution is 2.24. The summed E-state index contributed by atoms with van der Waals surface area (Å²) in [6.07, 6.45) is 0. The van der Waals surface area contributed by atoms with E-state index in [2.05, 4.69) is 5.32 Å². The second kappa shape index (κ2) is 9.68. The molecule has 138 valence electrons. The molecular weight excluding hydrogens is 356 g/mol. The number of carbonyl (C=O) groups is 2. The zero-order valence-corrected chi connectivity index (χ0v) is 15.5. The molecule has 0 spiro atoms. The summed E-state index contributed by atoms with van der Waals surface area (Å²) in [5.41, 5.74) is 0.552. The molecule has 0 aliphatic heterocycles. The molecule has 0 saturated carbocycles. The van der Waals surface area contributed by atoms with Gasteiger partial charge in [-0.2, -0.15) is 0 Å². The van der Waals surface area contributed by atoms with Crippen LogP contribution in [0, 0.1) is 0 Å². The van der Waals surface area contributed by atoms with Crippen LogP contribution in [0.2, 0.25) is 5.02 Å². The number of amides is 2. The van der Waals surface area contributed by atoms with Crippen LogP contribution in [0.25, 0.3) is 0 Å². The van der Waals surface area contributed by atoms with Crippen molar-refractivity contribution in [2.75, 3.05) is 32.1 Å². The highest BCUT2D eigenvalue weighted by molar-refractivity contribution is 6.32. The second-order valence-electron chi connectivity index (χ2n) is 5.38. The summed E-state index contributed by atoms with van der Waals surface area (Å²) in [4.78, 5) is 26.0. The van der Waals surface area contributed by atoms with Gasteiger partial charge >= 0.3 is 0 Å². The first-order valence-electron chi connectivity index (χ1n) is 8.13. The van der Waals surface area contributed by atoms with Gasteiger partial charge in [-0.25, -0.2) is 0 Å². The van der Waals surface area contributed by atoms with Crippen LogP contribution in [0.5, 0.6) is 11.5 Å². The lowest BCUT2D eigenvalue weighted by atomic mass is 10.3. The molecule has 0 fully saturated rings. The minimum Gasteiger partial charge on any atom is -0.495 e. The molecule has 1 N–H and O–H groups in total. The Morgan fingerprint density at radius 2 is 1.73 bits per heavy atom. The minimum absolute atomic E-state index is 0.0841. The van der Waals surface area contributed by atoms with Crippen LogP contribution in [0.1, 0.15) is 6.92 Å². The van der Waals surface area contributed by atoms with Gasteiger partial charge in [0.15, 0.2) is 6.61 Å². The van der Waals surface area contributed by atoms with E-state index in [1.165, 1.54) is 12.0 Å². The molecule has 0 aliphatic carbocycles. The van der Waals surface area contributed by atoms with Crippen molar-refractivity contribution in [3.05, 3.63) is 53.6 Å². The Bertz CT molecular complexity index is 767. The van der Waals surface area contributed by atoms with E-state index in [0.717, 1.165) is 0 Å². The van der Waals surface area contributed by atoms with Gasteiger partial charge in [0, 0.05) is 6.54 Å². The number of hydrogen-bond donors (Lipinski definition) is 1. The third-order valence-electron chi connectivity index (χ3n) is 3.64. The maximum Gasteiger partial charge on any atom is 0.260 e. The number of carbonyl (C=O) groups excluding carboxylic acids is 2. The number of hydrogen-bond acceptors (Lipinski definition) is 4. The molecule has 0 aliphatic rings. The van der Waals surface area contributed by atoms with Crippen LogP contribution in [-0.2, 0) is 9.59 Å². The molecule has 0 heterocycles. The zero-order valence-electron chi connectivity index (χ0n) is 14.7. The van der Waals surface area contributed by atoms with E-state index >= 15 is 0 Å². The number of benzene rings is 2. The van der Waals surface area contributed by atoms with Crippen molar-refractivity contribution < 1.29 is 19.1 Å². The molecule has 26 heavy (non-hydrogen) atoms. The smallest absolute Gasteiger partial charge is 0.260 e. The summed E-state index contributed by atoms with van der Waals surface area (Å²) in [5.74, 6) is 0.361. The lowest BCUT2D eigenvalue weighted by Gasteiger charge is -2.21. The van der Waals surface area contributed by atoms with Gasteiger partial charge in [-0.05, 0) is 31.2 Å². The highest BCUT2D eigenvalue weighted by Gasteiger charge is 2.17. The van der Waals surface area contributed by atoms with Gasteiger partial charge in [-0.15, -0.1) is 0 Å². The summed E-state index contributed by atoms with van der Waals surface area (Å²) in [6.45, 7) is 1.90. The van der Waals surface area contributed by atoms with E-state index in [9.17, 15) is 9.59 Å². The molecule has 7 heteroatoms. The summed E-state index contributed by atoms with van der Waals surface area (Å²) >= 11 is 6.00. The van der Waals surface area contributed by atoms with Gasteiger partial charge in [0.2, 0.25) is 5.91 Å². The van der Waals surface area contributed by atoms with E-state index in [1.807, 2.05) is 6.07 Å². The molecule has 0 unspecified atom stereocenters. The monoisotopic (exact) mass is 376 g/mol. The second-order valence-corrected chi connectivity index (χ2v) is 5.78. The average molecular weight is 377 g/mol. The molecular formula is C19H21ClN2O4. The third kappa shape index (κ3) is 5.39. The number of nitrogens with one attached hydrogen (secondary N) is 1. The van der Waals surface area contributed by atoms with Crippen molar-refractivity contribution in [3.63, 3.8) is 0 Å². The number of anilines is 1. The van der Waals surface area contributed by atoms with E-state index in [1.54, 1.807) is 49.4 Å². The van der Waals surface area contributed by atoms with Crippen LogP contribution in [0.15, 0.2) is 48.5 Å². The van der Waals surface area contributed by atoms with Crippen LogP contribution >= 0.6 is 11.6 Å². The fourth-order valence-corrected chi connectivity index (χ4v) is 2.47. The van der Waals surface area contributed by atoms with Crippen LogP contribution in [0.3, 0.4) is 0 Å². The van der Waals surface area contributed by atoms with Crippen molar-refractivity contribution >= 4 is 29.1 Å². The first kappa shape index (κ1) is 19.6. The van der Waals surface area contributed by atoms with Gasteiger partial charge in [0.25, 0.3) is 5.91 Å². The number of nitrogens with zero attached hydrogens (tertiary/aromatic N) is 1. The van der Waals surface area contributed by atoms with Gasteiger partial charge in [0.05, 0.1) is 24.4 Å². The van der Waals surface area contributed by atoms with Crippen LogP contribution < -0.4 is 14.8 Å². The van der Waals surface area contributed by atoms with Crippen molar-refractivity contribution in [2.24, 2.45) is 0 Å². The molecule has 0 atom stereocenters. The maximum atomic E-state index is 12.3. The van der Waals surface area contributed by atoms with Gasteiger partial charge in [0.1, 0.15) is 11.5 Å². The Balaban J connectivity index is 1.92.